The van der Waals surface area contributed by atoms with E-state index in [0.29, 0.717) is 0 Å². The standard InChI is InChI=1S/Na.2H2O5S2.H3P/c;2*1-6(2)7(3,4)5;/h;2*(H,1,2)(H,3,4,5);1H3/q+1;;;/p-1. The Labute approximate surface area is 120 Å². The van der Waals surface area contributed by atoms with Crippen LogP contribution in [0.5, 0.6) is 0 Å². The predicted molar refractivity (Wildman–Crippen MR) is 53.9 cm³/mol. The molecule has 16 heteroatoms. The maximum Gasteiger partial charge on any atom is 1.00 e. The van der Waals surface area contributed by atoms with Crippen molar-refractivity contribution in [1.29, 1.82) is 0 Å². The number of hydrogen-bond donors (Lipinski definition) is 3. The molecule has 0 heterocycles. The molecule has 0 aliphatic rings. The van der Waals surface area contributed by atoms with Crippen LogP contribution in [0, 0.1) is 0 Å². The summed E-state index contributed by atoms with van der Waals surface area (Å²) in [4.78, 5) is 0. The minimum Gasteiger partial charge on any atom is -0.736 e. The molecule has 0 fully saturated rings. The first-order chi connectivity index (χ1) is 5.89. The van der Waals surface area contributed by atoms with Gasteiger partial charge in [0.2, 0.25) is 9.15 Å². The summed E-state index contributed by atoms with van der Waals surface area (Å²) in [6.45, 7) is 0. The molecule has 0 amide bonds. The minimum absolute atomic E-state index is 0. The number of hydrogen-bond acceptors (Lipinski definition) is 7. The summed E-state index contributed by atoms with van der Waals surface area (Å²) in [7, 11) is -16.1. The molecule has 0 bridgehead atoms. The first kappa shape index (κ1) is 26.1. The normalized spacial score (nSPS) is 14.2. The quantitative estimate of drug-likeness (QED) is 0.143. The molecule has 96 valence electrons. The first-order valence-electron chi connectivity index (χ1n) is 2.05. The molecule has 3 unspecified atom stereocenters. The Morgan fingerprint density at radius 2 is 1.06 bits per heavy atom. The van der Waals surface area contributed by atoms with Gasteiger partial charge in [-0.2, -0.15) is 18.3 Å². The molecule has 0 saturated carbocycles. The Bertz CT molecular complexity index is 374. The average Bonchev–Trinajstić information content (AvgIpc) is 1.83. The first-order valence-corrected chi connectivity index (χ1v) is 8.14. The van der Waals surface area contributed by atoms with Crippen molar-refractivity contribution in [2.45, 2.75) is 0 Å². The maximum atomic E-state index is 9.34. The summed E-state index contributed by atoms with van der Waals surface area (Å²) in [6.07, 6.45) is 0. The molecule has 0 radical (unpaired) electrons. The van der Waals surface area contributed by atoms with Gasteiger partial charge in [0.1, 0.15) is 0 Å². The summed E-state index contributed by atoms with van der Waals surface area (Å²) in [5.41, 5.74) is 0. The molecule has 0 aromatic carbocycles. The third-order valence-electron chi connectivity index (χ3n) is 0.355. The molecule has 16 heavy (non-hydrogen) atoms. The molecule has 10 nitrogen and oxygen atoms in total. The SMILES string of the molecule is O=S(O)S(=O)(=O)O.O=S(O)S(=O)(=O)[O-].P.[Na+]. The van der Waals surface area contributed by atoms with Gasteiger partial charge in [-0.1, -0.05) is 0 Å². The number of rotatable bonds is 2. The van der Waals surface area contributed by atoms with Gasteiger partial charge in [0.05, 0.1) is 0 Å². The van der Waals surface area contributed by atoms with Crippen molar-refractivity contribution in [3.8, 4) is 0 Å². The smallest absolute Gasteiger partial charge is 0.736 e. The van der Waals surface area contributed by atoms with Crippen molar-refractivity contribution in [3.05, 3.63) is 0 Å². The van der Waals surface area contributed by atoms with E-state index in [9.17, 15) is 29.8 Å². The van der Waals surface area contributed by atoms with Gasteiger partial charge < -0.3 is 4.55 Å². The Balaban J connectivity index is -0.0000000800. The van der Waals surface area contributed by atoms with Crippen LogP contribution < -0.4 is 29.6 Å². The third kappa shape index (κ3) is 17.9. The van der Waals surface area contributed by atoms with Crippen molar-refractivity contribution in [2.24, 2.45) is 0 Å². The third-order valence-corrected chi connectivity index (χ3v) is 3.19. The van der Waals surface area contributed by atoms with Gasteiger partial charge in [0.15, 0.2) is 0 Å². The molecule has 0 rings (SSSR count). The van der Waals surface area contributed by atoms with E-state index >= 15 is 0 Å². The summed E-state index contributed by atoms with van der Waals surface area (Å²) in [6, 6.07) is 0. The van der Waals surface area contributed by atoms with Crippen LogP contribution in [0.15, 0.2) is 0 Å². The molecule has 0 aliphatic carbocycles. The van der Waals surface area contributed by atoms with Crippen LogP contribution in [-0.4, -0.2) is 43.5 Å². The van der Waals surface area contributed by atoms with Crippen molar-refractivity contribution in [2.75, 3.05) is 0 Å². The van der Waals surface area contributed by atoms with Crippen LogP contribution >= 0.6 is 9.90 Å². The van der Waals surface area contributed by atoms with E-state index in [2.05, 4.69) is 0 Å². The Kier molecular flexibility index (Phi) is 17.0. The van der Waals surface area contributed by atoms with Gasteiger partial charge in [-0.3, -0.25) is 13.7 Å². The summed E-state index contributed by atoms with van der Waals surface area (Å²) >= 11 is 0. The van der Waals surface area contributed by atoms with Crippen LogP contribution in [-0.2, 0) is 38.5 Å². The van der Waals surface area contributed by atoms with Crippen LogP contribution in [0.3, 0.4) is 0 Å². The van der Waals surface area contributed by atoms with E-state index in [1.807, 2.05) is 0 Å². The molecule has 0 spiro atoms. The van der Waals surface area contributed by atoms with Crippen molar-refractivity contribution in [3.63, 3.8) is 0 Å². The maximum absolute atomic E-state index is 9.34. The van der Waals surface area contributed by atoms with Gasteiger partial charge in [-0.25, -0.2) is 16.8 Å². The summed E-state index contributed by atoms with van der Waals surface area (Å²) in [5, 5.41) is 0. The van der Waals surface area contributed by atoms with E-state index in [4.69, 9.17) is 13.7 Å². The zero-order valence-corrected chi connectivity index (χ0v) is 14.2. The average molecular weight is 348 g/mol. The van der Waals surface area contributed by atoms with E-state index in [1.165, 1.54) is 0 Å². The Hall–Kier alpha value is 1.47. The second-order valence-corrected chi connectivity index (χ2v) is 8.01. The molecule has 3 N–H and O–H groups in total. The van der Waals surface area contributed by atoms with E-state index < -0.39 is 38.5 Å². The molecule has 3 atom stereocenters. The minimum atomic E-state index is -4.96. The fraction of sp³-hybridized carbons (Fsp3) is 0. The van der Waals surface area contributed by atoms with Gasteiger partial charge in [-0.15, -0.1) is 0 Å². The monoisotopic (exact) mass is 348 g/mol. The van der Waals surface area contributed by atoms with Crippen molar-refractivity contribution < 1.29 is 73.0 Å². The van der Waals surface area contributed by atoms with Gasteiger partial charge in [0.25, 0.3) is 10.1 Å². The van der Waals surface area contributed by atoms with E-state index in [1.54, 1.807) is 0 Å². The molecular weight excluding hydrogens is 342 g/mol. The second-order valence-electron chi connectivity index (χ2n) is 1.27. The zero-order chi connectivity index (χ0) is 12.2. The largest absolute Gasteiger partial charge is 1.00 e. The topological polar surface area (TPSA) is 186 Å². The van der Waals surface area contributed by atoms with Gasteiger partial charge in [0, 0.05) is 0 Å². The van der Waals surface area contributed by atoms with Gasteiger partial charge >= 0.3 is 48.8 Å². The summed E-state index contributed by atoms with van der Waals surface area (Å²) < 4.78 is 87.4. The van der Waals surface area contributed by atoms with E-state index in [0.717, 1.165) is 0 Å². The van der Waals surface area contributed by atoms with Crippen molar-refractivity contribution in [1.82, 2.24) is 0 Å². The van der Waals surface area contributed by atoms with Gasteiger partial charge in [-0.05, 0) is 0 Å². The molecule has 0 aromatic heterocycles. The van der Waals surface area contributed by atoms with Crippen LogP contribution in [0.4, 0.5) is 0 Å². The molecule has 0 saturated heterocycles. The van der Waals surface area contributed by atoms with Crippen LogP contribution in [0.2, 0.25) is 0 Å². The van der Waals surface area contributed by atoms with Crippen LogP contribution in [0.1, 0.15) is 0 Å². The second kappa shape index (κ2) is 10.4. The fourth-order valence-corrected chi connectivity index (χ4v) is 0. The molecule has 0 aromatic rings. The Morgan fingerprint density at radius 1 is 0.938 bits per heavy atom. The fourth-order valence-electron chi connectivity index (χ4n) is 0. The van der Waals surface area contributed by atoms with E-state index in [-0.39, 0.29) is 39.5 Å². The van der Waals surface area contributed by atoms with Crippen molar-refractivity contribution >= 4 is 48.4 Å². The molecule has 0 aliphatic heterocycles. The summed E-state index contributed by atoms with van der Waals surface area (Å²) in [5.74, 6) is 0. The van der Waals surface area contributed by atoms with Crippen LogP contribution in [0.25, 0.3) is 0 Å². The molecular formula is H6NaO10PS4. The predicted octanol–water partition coefficient (Wildman–Crippen LogP) is -5.26. The zero-order valence-electron chi connectivity index (χ0n) is 7.54. The Morgan fingerprint density at radius 3 is 1.06 bits per heavy atom.